The van der Waals surface area contributed by atoms with Crippen molar-refractivity contribution in [3.05, 3.63) is 24.3 Å². The molecule has 0 aromatic heterocycles. The SMILES string of the molecule is [2H]C([2H])([2H])C=C/C=C/C[C@@H](C)[C@@H](O)[C@@H](C(C)=O)N(C)C. The Morgan fingerprint density at radius 1 is 1.47 bits per heavy atom. The Bertz CT molecular complexity index is 362. The van der Waals surface area contributed by atoms with E-state index in [1.807, 2.05) is 6.92 Å². The topological polar surface area (TPSA) is 40.5 Å². The van der Waals surface area contributed by atoms with Crippen LogP contribution in [0.2, 0.25) is 0 Å². The molecule has 3 atom stereocenters. The quantitative estimate of drug-likeness (QED) is 0.694. The molecule has 0 saturated heterocycles. The van der Waals surface area contributed by atoms with Crippen LogP contribution in [0.4, 0.5) is 0 Å². The molecular formula is C14H25NO2. The van der Waals surface area contributed by atoms with E-state index < -0.39 is 19.0 Å². The first-order valence-corrected chi connectivity index (χ1v) is 5.75. The summed E-state index contributed by atoms with van der Waals surface area (Å²) >= 11 is 0. The maximum Gasteiger partial charge on any atom is 0.149 e. The van der Waals surface area contributed by atoms with Crippen LogP contribution in [0.1, 0.15) is 31.2 Å². The van der Waals surface area contributed by atoms with Crippen molar-refractivity contribution in [3.63, 3.8) is 0 Å². The van der Waals surface area contributed by atoms with Crippen molar-refractivity contribution < 1.29 is 14.0 Å². The molecule has 0 heterocycles. The minimum Gasteiger partial charge on any atom is -0.391 e. The Morgan fingerprint density at radius 2 is 2.12 bits per heavy atom. The van der Waals surface area contributed by atoms with Crippen molar-refractivity contribution in [1.29, 1.82) is 0 Å². The second-order valence-corrected chi connectivity index (χ2v) is 4.51. The number of allylic oxidation sites excluding steroid dienone is 4. The molecule has 1 N–H and O–H groups in total. The molecule has 0 aliphatic heterocycles. The zero-order chi connectivity index (χ0) is 15.9. The summed E-state index contributed by atoms with van der Waals surface area (Å²) in [5.74, 6) is -0.163. The molecule has 0 amide bonds. The number of carbonyl (C=O) groups is 1. The second kappa shape index (κ2) is 8.20. The fourth-order valence-electron chi connectivity index (χ4n) is 1.79. The average Bonchev–Trinajstić information content (AvgIpc) is 2.25. The first-order chi connectivity index (χ1) is 9.06. The summed E-state index contributed by atoms with van der Waals surface area (Å²) in [7, 11) is 3.52. The molecular weight excluding hydrogens is 214 g/mol. The number of ketones is 1. The minimum atomic E-state index is -2.07. The summed E-state index contributed by atoms with van der Waals surface area (Å²) in [6.45, 7) is 1.26. The molecule has 3 nitrogen and oxygen atoms in total. The maximum absolute atomic E-state index is 11.5. The Labute approximate surface area is 109 Å². The van der Waals surface area contributed by atoms with Crippen molar-refractivity contribution >= 4 is 5.78 Å². The van der Waals surface area contributed by atoms with Crippen molar-refractivity contribution in [2.75, 3.05) is 14.1 Å². The van der Waals surface area contributed by atoms with Gasteiger partial charge in [-0.1, -0.05) is 31.2 Å². The minimum absolute atomic E-state index is 0.0689. The number of rotatable bonds is 7. The molecule has 0 unspecified atom stereocenters. The van der Waals surface area contributed by atoms with Crippen LogP contribution in [0, 0.1) is 5.92 Å². The highest BCUT2D eigenvalue weighted by molar-refractivity contribution is 5.82. The zero-order valence-electron chi connectivity index (χ0n) is 14.1. The lowest BCUT2D eigenvalue weighted by Crippen LogP contribution is -2.47. The smallest absolute Gasteiger partial charge is 0.149 e. The summed E-state index contributed by atoms with van der Waals surface area (Å²) in [5.41, 5.74) is 0. The first kappa shape index (κ1) is 11.2. The van der Waals surface area contributed by atoms with E-state index in [0.29, 0.717) is 6.42 Å². The van der Waals surface area contributed by atoms with Crippen LogP contribution in [0.25, 0.3) is 0 Å². The van der Waals surface area contributed by atoms with Gasteiger partial charge in [-0.2, -0.15) is 0 Å². The van der Waals surface area contributed by atoms with Gasteiger partial charge >= 0.3 is 0 Å². The lowest BCUT2D eigenvalue weighted by atomic mass is 9.92. The molecule has 0 fully saturated rings. The van der Waals surface area contributed by atoms with Gasteiger partial charge in [-0.15, -0.1) is 0 Å². The van der Waals surface area contributed by atoms with Gasteiger partial charge in [-0.05, 0) is 40.2 Å². The molecule has 0 spiro atoms. The van der Waals surface area contributed by atoms with Crippen molar-refractivity contribution in [2.45, 2.75) is 39.3 Å². The Hall–Kier alpha value is -0.930. The van der Waals surface area contributed by atoms with Crippen LogP contribution in [0.3, 0.4) is 0 Å². The summed E-state index contributed by atoms with van der Waals surface area (Å²) < 4.78 is 21.0. The number of aliphatic hydroxyl groups excluding tert-OH is 1. The number of carbonyl (C=O) groups excluding carboxylic acids is 1. The molecule has 0 saturated carbocycles. The lowest BCUT2D eigenvalue weighted by Gasteiger charge is -2.30. The van der Waals surface area contributed by atoms with E-state index in [-0.39, 0.29) is 11.7 Å². The van der Waals surface area contributed by atoms with Gasteiger partial charge in [0.25, 0.3) is 0 Å². The van der Waals surface area contributed by atoms with E-state index in [1.165, 1.54) is 13.0 Å². The van der Waals surface area contributed by atoms with E-state index in [0.717, 1.165) is 6.08 Å². The highest BCUT2D eigenvalue weighted by Crippen LogP contribution is 2.16. The summed E-state index contributed by atoms with van der Waals surface area (Å²) in [4.78, 5) is 13.2. The number of hydrogen-bond acceptors (Lipinski definition) is 3. The van der Waals surface area contributed by atoms with Crippen LogP contribution in [0.15, 0.2) is 24.3 Å². The number of Topliss-reactive ketones (excluding diaryl/α,β-unsaturated/α-hetero) is 1. The molecule has 0 aromatic rings. The maximum atomic E-state index is 11.5. The monoisotopic (exact) mass is 242 g/mol. The van der Waals surface area contributed by atoms with Crippen molar-refractivity contribution in [1.82, 2.24) is 4.90 Å². The normalized spacial score (nSPS) is 21.2. The predicted molar refractivity (Wildman–Crippen MR) is 71.9 cm³/mol. The first-order valence-electron chi connectivity index (χ1n) is 7.25. The molecule has 0 radical (unpaired) electrons. The van der Waals surface area contributed by atoms with Crippen molar-refractivity contribution in [2.24, 2.45) is 5.92 Å². The number of nitrogens with zero attached hydrogens (tertiary/aromatic N) is 1. The van der Waals surface area contributed by atoms with Crippen molar-refractivity contribution in [3.8, 4) is 0 Å². The average molecular weight is 242 g/mol. The predicted octanol–water partition coefficient (Wildman–Crippen LogP) is 2.02. The Kier molecular flexibility index (Phi) is 5.39. The Morgan fingerprint density at radius 3 is 2.59 bits per heavy atom. The fraction of sp³-hybridized carbons (Fsp3) is 0.643. The van der Waals surface area contributed by atoms with Gasteiger partial charge in [0.05, 0.1) is 12.1 Å². The van der Waals surface area contributed by atoms with E-state index in [9.17, 15) is 9.90 Å². The second-order valence-electron chi connectivity index (χ2n) is 4.51. The third kappa shape index (κ3) is 5.80. The van der Waals surface area contributed by atoms with Crippen LogP contribution in [-0.4, -0.2) is 42.0 Å². The van der Waals surface area contributed by atoms with E-state index in [4.69, 9.17) is 4.11 Å². The molecule has 0 rings (SSSR count). The molecule has 0 aliphatic carbocycles. The van der Waals surface area contributed by atoms with E-state index in [1.54, 1.807) is 31.1 Å². The van der Waals surface area contributed by atoms with E-state index >= 15 is 0 Å². The summed E-state index contributed by atoms with van der Waals surface area (Å²) in [5, 5.41) is 10.2. The zero-order valence-corrected chi connectivity index (χ0v) is 11.1. The van der Waals surface area contributed by atoms with E-state index in [2.05, 4.69) is 0 Å². The van der Waals surface area contributed by atoms with Gasteiger partial charge in [-0.3, -0.25) is 9.69 Å². The molecule has 0 aromatic carbocycles. The largest absolute Gasteiger partial charge is 0.391 e. The molecule has 98 valence electrons. The van der Waals surface area contributed by atoms with Gasteiger partial charge in [0.15, 0.2) is 0 Å². The third-order valence-electron chi connectivity index (χ3n) is 2.73. The highest BCUT2D eigenvalue weighted by atomic mass is 16.3. The van der Waals surface area contributed by atoms with Gasteiger partial charge < -0.3 is 5.11 Å². The van der Waals surface area contributed by atoms with Gasteiger partial charge in [0, 0.05) is 4.11 Å². The van der Waals surface area contributed by atoms with Crippen LogP contribution in [0.5, 0.6) is 0 Å². The van der Waals surface area contributed by atoms with Gasteiger partial charge in [0.1, 0.15) is 5.78 Å². The standard InChI is InChI=1S/C14H25NO2/c1-6-7-8-9-10-11(2)14(17)13(12(3)16)15(4)5/h6-9,11,13-14,17H,10H2,1-5H3/b7-6?,9-8+/t11-,13-,14-/m1/s1/i1D3. The van der Waals surface area contributed by atoms with Crippen LogP contribution in [-0.2, 0) is 4.79 Å². The summed E-state index contributed by atoms with van der Waals surface area (Å²) in [6, 6.07) is -0.517. The Balaban J connectivity index is 4.46. The highest BCUT2D eigenvalue weighted by Gasteiger charge is 2.29. The number of aliphatic hydroxyl groups is 1. The fourth-order valence-corrected chi connectivity index (χ4v) is 1.79. The third-order valence-corrected chi connectivity index (χ3v) is 2.73. The molecule has 17 heavy (non-hydrogen) atoms. The number of likely N-dealkylation sites (N-methyl/N-ethyl adjacent to an activating group) is 1. The summed E-state index contributed by atoms with van der Waals surface area (Å²) in [6.07, 6.45) is 5.88. The molecule has 3 heteroatoms. The molecule has 0 bridgehead atoms. The molecule has 0 aliphatic rings. The lowest BCUT2D eigenvalue weighted by molar-refractivity contribution is -0.126. The number of hydrogen-bond donors (Lipinski definition) is 1. The van der Waals surface area contributed by atoms with Crippen LogP contribution < -0.4 is 0 Å². The van der Waals surface area contributed by atoms with Crippen LogP contribution >= 0.6 is 0 Å². The van der Waals surface area contributed by atoms with Gasteiger partial charge in [-0.25, -0.2) is 0 Å². The van der Waals surface area contributed by atoms with Gasteiger partial charge in [0.2, 0.25) is 0 Å².